The van der Waals surface area contributed by atoms with Crippen LogP contribution in [0.3, 0.4) is 0 Å². The van der Waals surface area contributed by atoms with Gasteiger partial charge < -0.3 is 10.4 Å². The van der Waals surface area contributed by atoms with Gasteiger partial charge in [-0.1, -0.05) is 23.2 Å². The van der Waals surface area contributed by atoms with Crippen molar-refractivity contribution in [2.45, 2.75) is 12.3 Å². The Morgan fingerprint density at radius 3 is 2.12 bits per heavy atom. The lowest BCUT2D eigenvalue weighted by Gasteiger charge is -2.15. The summed E-state index contributed by atoms with van der Waals surface area (Å²) in [4.78, 5) is 0. The number of halogens is 5. The van der Waals surface area contributed by atoms with E-state index < -0.39 is 18.8 Å². The first kappa shape index (κ1) is 13.4. The highest BCUT2D eigenvalue weighted by Gasteiger charge is 2.37. The molecule has 0 amide bonds. The van der Waals surface area contributed by atoms with Crippen LogP contribution in [-0.2, 0) is 0 Å². The molecule has 1 aromatic carbocycles. The molecule has 7 heteroatoms. The summed E-state index contributed by atoms with van der Waals surface area (Å²) < 4.78 is 35.9. The maximum Gasteiger partial charge on any atom is 0.416 e. The van der Waals surface area contributed by atoms with Crippen molar-refractivity contribution in [1.82, 2.24) is 0 Å². The van der Waals surface area contributed by atoms with E-state index in [2.05, 4.69) is 5.32 Å². The highest BCUT2D eigenvalue weighted by Crippen LogP contribution is 2.24. The van der Waals surface area contributed by atoms with Crippen LogP contribution in [0.1, 0.15) is 0 Å². The number of hydrogen-bond acceptors (Lipinski definition) is 2. The van der Waals surface area contributed by atoms with Crippen molar-refractivity contribution < 1.29 is 18.3 Å². The average Bonchev–Trinajstić information content (AvgIpc) is 2.11. The summed E-state index contributed by atoms with van der Waals surface area (Å²) in [6, 6.07) is 4.28. The summed E-state index contributed by atoms with van der Waals surface area (Å²) in [5.74, 6) is 0. The fourth-order valence-corrected chi connectivity index (χ4v) is 1.51. The second kappa shape index (κ2) is 5.12. The summed E-state index contributed by atoms with van der Waals surface area (Å²) in [7, 11) is 0. The zero-order valence-corrected chi connectivity index (χ0v) is 9.37. The molecule has 1 atom stereocenters. The van der Waals surface area contributed by atoms with Gasteiger partial charge in [-0.3, -0.25) is 0 Å². The molecule has 1 unspecified atom stereocenters. The van der Waals surface area contributed by atoms with Crippen LogP contribution in [0.4, 0.5) is 18.9 Å². The molecule has 1 aromatic rings. The van der Waals surface area contributed by atoms with Gasteiger partial charge in [0, 0.05) is 22.3 Å². The van der Waals surface area contributed by atoms with Crippen LogP contribution in [0.5, 0.6) is 0 Å². The molecule has 0 saturated heterocycles. The molecule has 90 valence electrons. The van der Waals surface area contributed by atoms with E-state index in [0.717, 1.165) is 0 Å². The van der Waals surface area contributed by atoms with E-state index in [4.69, 9.17) is 28.3 Å². The van der Waals surface area contributed by atoms with E-state index in [1.807, 2.05) is 0 Å². The van der Waals surface area contributed by atoms with Crippen molar-refractivity contribution >= 4 is 28.9 Å². The minimum absolute atomic E-state index is 0.302. The first-order valence-electron chi connectivity index (χ1n) is 4.24. The molecular weight excluding hydrogens is 266 g/mol. The van der Waals surface area contributed by atoms with Crippen molar-refractivity contribution in [3.05, 3.63) is 28.2 Å². The van der Waals surface area contributed by atoms with Gasteiger partial charge in [0.15, 0.2) is 6.10 Å². The van der Waals surface area contributed by atoms with Crippen LogP contribution >= 0.6 is 23.2 Å². The molecule has 0 bridgehead atoms. The summed E-state index contributed by atoms with van der Waals surface area (Å²) in [6.45, 7) is -0.653. The van der Waals surface area contributed by atoms with Gasteiger partial charge in [0.05, 0.1) is 0 Å². The molecule has 0 aliphatic carbocycles. The number of anilines is 1. The number of nitrogens with one attached hydrogen (secondary N) is 1. The van der Waals surface area contributed by atoms with Crippen LogP contribution in [-0.4, -0.2) is 23.9 Å². The smallest absolute Gasteiger partial charge is 0.382 e. The third-order valence-corrected chi connectivity index (χ3v) is 2.18. The van der Waals surface area contributed by atoms with Crippen LogP contribution in [0.25, 0.3) is 0 Å². The minimum Gasteiger partial charge on any atom is -0.382 e. The lowest BCUT2D eigenvalue weighted by Crippen LogP contribution is -2.34. The standard InChI is InChI=1S/C9H8Cl2F3NO/c10-5-1-6(11)3-7(2-5)15-4-8(16)9(12,13)14/h1-3,8,15-16H,4H2. The second-order valence-electron chi connectivity index (χ2n) is 3.10. The molecule has 0 heterocycles. The Labute approximate surface area is 100.0 Å². The fourth-order valence-electron chi connectivity index (χ4n) is 0.986. The molecule has 0 spiro atoms. The summed E-state index contributed by atoms with van der Waals surface area (Å²) >= 11 is 11.3. The normalized spacial score (nSPS) is 13.6. The number of benzene rings is 1. The van der Waals surface area contributed by atoms with Crippen LogP contribution < -0.4 is 5.32 Å². The van der Waals surface area contributed by atoms with Gasteiger partial charge in [-0.15, -0.1) is 0 Å². The maximum atomic E-state index is 12.0. The highest BCUT2D eigenvalue weighted by atomic mass is 35.5. The third kappa shape index (κ3) is 4.08. The Balaban J connectivity index is 2.61. The molecule has 0 radical (unpaired) electrons. The van der Waals surface area contributed by atoms with Crippen molar-refractivity contribution in [2.75, 3.05) is 11.9 Å². The van der Waals surface area contributed by atoms with Gasteiger partial charge in [0.1, 0.15) is 0 Å². The first-order chi connectivity index (χ1) is 7.29. The minimum atomic E-state index is -4.64. The van der Waals surface area contributed by atoms with E-state index in [9.17, 15) is 13.2 Å². The molecule has 0 aliphatic heterocycles. The van der Waals surface area contributed by atoms with Gasteiger partial charge in [0.25, 0.3) is 0 Å². The zero-order valence-electron chi connectivity index (χ0n) is 7.85. The molecule has 2 N–H and O–H groups in total. The third-order valence-electron chi connectivity index (χ3n) is 1.74. The van der Waals surface area contributed by atoms with Gasteiger partial charge >= 0.3 is 6.18 Å². The number of aliphatic hydroxyl groups excluding tert-OH is 1. The first-order valence-corrected chi connectivity index (χ1v) is 4.99. The van der Waals surface area contributed by atoms with E-state index in [0.29, 0.717) is 15.7 Å². The van der Waals surface area contributed by atoms with Gasteiger partial charge in [-0.2, -0.15) is 13.2 Å². The predicted molar refractivity (Wildman–Crippen MR) is 57.0 cm³/mol. The number of aliphatic hydroxyl groups is 1. The van der Waals surface area contributed by atoms with E-state index in [1.165, 1.54) is 18.2 Å². The van der Waals surface area contributed by atoms with E-state index in [1.54, 1.807) is 0 Å². The molecule has 0 aliphatic rings. The molecule has 2 nitrogen and oxygen atoms in total. The lowest BCUT2D eigenvalue weighted by molar-refractivity contribution is -0.198. The van der Waals surface area contributed by atoms with Gasteiger partial charge in [-0.05, 0) is 18.2 Å². The molecule has 0 fully saturated rings. The fraction of sp³-hybridized carbons (Fsp3) is 0.333. The topological polar surface area (TPSA) is 32.3 Å². The number of hydrogen-bond donors (Lipinski definition) is 2. The Morgan fingerprint density at radius 1 is 1.19 bits per heavy atom. The lowest BCUT2D eigenvalue weighted by atomic mass is 10.3. The molecule has 0 saturated carbocycles. The predicted octanol–water partition coefficient (Wildman–Crippen LogP) is 3.33. The van der Waals surface area contributed by atoms with Crippen molar-refractivity contribution in [3.63, 3.8) is 0 Å². The highest BCUT2D eigenvalue weighted by molar-refractivity contribution is 6.35. The Kier molecular flexibility index (Phi) is 4.29. The van der Waals surface area contributed by atoms with Gasteiger partial charge in [0.2, 0.25) is 0 Å². The van der Waals surface area contributed by atoms with Crippen molar-refractivity contribution in [2.24, 2.45) is 0 Å². The monoisotopic (exact) mass is 273 g/mol. The summed E-state index contributed by atoms with van der Waals surface area (Å²) in [5, 5.41) is 11.7. The summed E-state index contributed by atoms with van der Waals surface area (Å²) in [6.07, 6.45) is -7.07. The second-order valence-corrected chi connectivity index (χ2v) is 3.97. The molecular formula is C9H8Cl2F3NO. The van der Waals surface area contributed by atoms with Crippen LogP contribution in [0.15, 0.2) is 18.2 Å². The average molecular weight is 274 g/mol. The summed E-state index contributed by atoms with van der Waals surface area (Å²) in [5.41, 5.74) is 0.320. The quantitative estimate of drug-likeness (QED) is 0.886. The molecule has 0 aromatic heterocycles. The Bertz CT molecular complexity index is 350. The van der Waals surface area contributed by atoms with Crippen molar-refractivity contribution in [1.29, 1.82) is 0 Å². The van der Waals surface area contributed by atoms with Gasteiger partial charge in [-0.25, -0.2) is 0 Å². The van der Waals surface area contributed by atoms with Crippen LogP contribution in [0, 0.1) is 0 Å². The maximum absolute atomic E-state index is 12.0. The molecule has 16 heavy (non-hydrogen) atoms. The van der Waals surface area contributed by atoms with Crippen LogP contribution in [0.2, 0.25) is 10.0 Å². The number of alkyl halides is 3. The number of rotatable bonds is 3. The van der Waals surface area contributed by atoms with E-state index >= 15 is 0 Å². The zero-order chi connectivity index (χ0) is 12.3. The van der Waals surface area contributed by atoms with E-state index in [-0.39, 0.29) is 0 Å². The largest absolute Gasteiger partial charge is 0.416 e. The SMILES string of the molecule is OC(CNc1cc(Cl)cc(Cl)c1)C(F)(F)F. The Morgan fingerprint density at radius 2 is 1.69 bits per heavy atom. The Hall–Kier alpha value is -0.650. The van der Waals surface area contributed by atoms with Crippen molar-refractivity contribution in [3.8, 4) is 0 Å². The molecule has 1 rings (SSSR count).